The predicted octanol–water partition coefficient (Wildman–Crippen LogP) is 2.57. The highest BCUT2D eigenvalue weighted by Crippen LogP contribution is 2.18. The number of para-hydroxylation sites is 1. The number of ether oxygens (including phenoxy) is 1. The molecule has 2 N–H and O–H groups in total. The fraction of sp³-hybridized carbons (Fsp3) is 0.227. The average molecular weight is 378 g/mol. The van der Waals surface area contributed by atoms with Crippen LogP contribution in [0.3, 0.4) is 0 Å². The van der Waals surface area contributed by atoms with Gasteiger partial charge in [-0.2, -0.15) is 0 Å². The van der Waals surface area contributed by atoms with Crippen molar-refractivity contribution in [1.82, 2.24) is 10.3 Å². The van der Waals surface area contributed by atoms with Crippen molar-refractivity contribution in [2.45, 2.75) is 25.8 Å². The van der Waals surface area contributed by atoms with Gasteiger partial charge in [-0.05, 0) is 30.5 Å². The van der Waals surface area contributed by atoms with Crippen LogP contribution in [0.25, 0.3) is 10.9 Å². The third-order valence-corrected chi connectivity index (χ3v) is 4.48. The number of H-pyrrole nitrogens is 1. The lowest BCUT2D eigenvalue weighted by atomic mass is 10.0. The monoisotopic (exact) mass is 378 g/mol. The molecule has 0 saturated carbocycles. The number of rotatable bonds is 8. The van der Waals surface area contributed by atoms with Gasteiger partial charge in [0.1, 0.15) is 0 Å². The molecule has 0 spiro atoms. The Morgan fingerprint density at radius 1 is 1.04 bits per heavy atom. The van der Waals surface area contributed by atoms with E-state index in [9.17, 15) is 14.4 Å². The molecule has 0 radical (unpaired) electrons. The Balaban J connectivity index is 1.51. The number of benzene rings is 2. The highest BCUT2D eigenvalue weighted by atomic mass is 16.5. The Morgan fingerprint density at radius 3 is 2.50 bits per heavy atom. The van der Waals surface area contributed by atoms with Crippen molar-refractivity contribution in [3.63, 3.8) is 0 Å². The lowest BCUT2D eigenvalue weighted by Gasteiger charge is -2.16. The molecule has 1 amide bonds. The summed E-state index contributed by atoms with van der Waals surface area (Å²) in [5.41, 5.74) is 2.69. The number of esters is 1. The van der Waals surface area contributed by atoms with Crippen molar-refractivity contribution < 1.29 is 19.1 Å². The summed E-state index contributed by atoms with van der Waals surface area (Å²) in [6, 6.07) is 16.4. The molecule has 1 aromatic heterocycles. The Hall–Kier alpha value is -3.41. The second-order valence-electron chi connectivity index (χ2n) is 6.62. The number of carbonyl (C=O) groups excluding carboxylic acids is 3. The van der Waals surface area contributed by atoms with Crippen molar-refractivity contribution >= 4 is 28.6 Å². The van der Waals surface area contributed by atoms with Gasteiger partial charge in [-0.3, -0.25) is 14.4 Å². The summed E-state index contributed by atoms with van der Waals surface area (Å²) in [5.74, 6) is -1.15. The van der Waals surface area contributed by atoms with Gasteiger partial charge in [-0.15, -0.1) is 0 Å². The van der Waals surface area contributed by atoms with Gasteiger partial charge in [0.05, 0.1) is 12.5 Å². The highest BCUT2D eigenvalue weighted by Gasteiger charge is 2.19. The van der Waals surface area contributed by atoms with Gasteiger partial charge in [0.2, 0.25) is 0 Å². The number of hydrogen-bond donors (Lipinski definition) is 2. The number of hydrogen-bond acceptors (Lipinski definition) is 4. The van der Waals surface area contributed by atoms with E-state index in [0.29, 0.717) is 6.42 Å². The first-order valence-corrected chi connectivity index (χ1v) is 9.07. The van der Waals surface area contributed by atoms with Crippen LogP contribution in [-0.4, -0.2) is 35.3 Å². The molecule has 2 aromatic carbocycles. The molecule has 6 nitrogen and oxygen atoms in total. The molecule has 0 bridgehead atoms. The molecule has 0 aliphatic heterocycles. The molecule has 1 atom stereocenters. The van der Waals surface area contributed by atoms with Crippen molar-refractivity contribution in [3.8, 4) is 0 Å². The van der Waals surface area contributed by atoms with E-state index < -0.39 is 24.5 Å². The third-order valence-electron chi connectivity index (χ3n) is 4.48. The summed E-state index contributed by atoms with van der Waals surface area (Å²) in [4.78, 5) is 39.1. The largest absolute Gasteiger partial charge is 0.455 e. The van der Waals surface area contributed by atoms with Gasteiger partial charge in [0, 0.05) is 17.1 Å². The quantitative estimate of drug-likeness (QED) is 0.590. The number of carbonyl (C=O) groups is 3. The van der Waals surface area contributed by atoms with Gasteiger partial charge in [0.15, 0.2) is 12.4 Å². The van der Waals surface area contributed by atoms with Crippen LogP contribution >= 0.6 is 0 Å². The van der Waals surface area contributed by atoms with Gasteiger partial charge < -0.3 is 15.0 Å². The maximum Gasteiger partial charge on any atom is 0.310 e. The van der Waals surface area contributed by atoms with Crippen LogP contribution in [0.5, 0.6) is 0 Å². The fourth-order valence-electron chi connectivity index (χ4n) is 3.01. The summed E-state index contributed by atoms with van der Waals surface area (Å²) >= 11 is 0. The predicted molar refractivity (Wildman–Crippen MR) is 106 cm³/mol. The molecular weight excluding hydrogens is 356 g/mol. The van der Waals surface area contributed by atoms with E-state index in [-0.39, 0.29) is 12.2 Å². The molecule has 28 heavy (non-hydrogen) atoms. The summed E-state index contributed by atoms with van der Waals surface area (Å²) in [7, 11) is 0. The van der Waals surface area contributed by atoms with Crippen LogP contribution in [-0.2, 0) is 32.0 Å². The number of aromatic amines is 1. The van der Waals surface area contributed by atoms with Crippen LogP contribution in [0.1, 0.15) is 18.1 Å². The Bertz CT molecular complexity index is 978. The molecule has 0 fully saturated rings. The van der Waals surface area contributed by atoms with Crippen LogP contribution in [0.2, 0.25) is 0 Å². The van der Waals surface area contributed by atoms with Gasteiger partial charge in [-0.25, -0.2) is 0 Å². The van der Waals surface area contributed by atoms with Crippen LogP contribution in [0, 0.1) is 0 Å². The molecule has 1 heterocycles. The second kappa shape index (κ2) is 8.99. The van der Waals surface area contributed by atoms with Crippen LogP contribution in [0.15, 0.2) is 60.8 Å². The first kappa shape index (κ1) is 19.4. The number of Topliss-reactive ketones (excluding diaryl/α,β-unsaturated/α-hetero) is 1. The first-order valence-electron chi connectivity index (χ1n) is 9.07. The van der Waals surface area contributed by atoms with E-state index in [0.717, 1.165) is 22.0 Å². The zero-order valence-corrected chi connectivity index (χ0v) is 15.6. The second-order valence-corrected chi connectivity index (χ2v) is 6.62. The molecule has 0 aliphatic carbocycles. The maximum atomic E-state index is 12.1. The van der Waals surface area contributed by atoms with E-state index in [1.807, 2.05) is 54.6 Å². The maximum absolute atomic E-state index is 12.1. The van der Waals surface area contributed by atoms with Crippen molar-refractivity contribution in [2.24, 2.45) is 0 Å². The minimum absolute atomic E-state index is 0.0669. The molecule has 0 unspecified atom stereocenters. The SMILES string of the molecule is CC(=O)[C@H](Cc1ccccc1)NC(=O)COC(=O)Cc1c[nH]c2ccccc12. The summed E-state index contributed by atoms with van der Waals surface area (Å²) in [6.45, 7) is 1.01. The molecular formula is C22H22N2O4. The summed E-state index contributed by atoms with van der Waals surface area (Å²) in [5, 5.41) is 3.58. The molecule has 144 valence electrons. The lowest BCUT2D eigenvalue weighted by Crippen LogP contribution is -2.43. The van der Waals surface area contributed by atoms with Gasteiger partial charge in [0.25, 0.3) is 5.91 Å². The number of ketones is 1. The summed E-state index contributed by atoms with van der Waals surface area (Å²) < 4.78 is 5.08. The zero-order valence-electron chi connectivity index (χ0n) is 15.6. The van der Waals surface area contributed by atoms with E-state index >= 15 is 0 Å². The van der Waals surface area contributed by atoms with Gasteiger partial charge in [-0.1, -0.05) is 48.5 Å². The lowest BCUT2D eigenvalue weighted by molar-refractivity contribution is -0.148. The van der Waals surface area contributed by atoms with E-state index in [1.54, 1.807) is 6.20 Å². The Morgan fingerprint density at radius 2 is 1.75 bits per heavy atom. The first-order chi connectivity index (χ1) is 13.5. The number of fused-ring (bicyclic) bond motifs is 1. The standard InChI is InChI=1S/C22H22N2O4/c1-15(25)20(11-16-7-3-2-4-8-16)24-21(26)14-28-22(27)12-17-13-23-19-10-6-5-9-18(17)19/h2-10,13,20,23H,11-12,14H2,1H3,(H,24,26)/t20-/m0/s1. The Labute approximate surface area is 162 Å². The molecule has 0 saturated heterocycles. The molecule has 3 aromatic rings. The molecule has 3 rings (SSSR count). The Kier molecular flexibility index (Phi) is 6.22. The molecule has 0 aliphatic rings. The number of amides is 1. The number of nitrogens with one attached hydrogen (secondary N) is 2. The van der Waals surface area contributed by atoms with Gasteiger partial charge >= 0.3 is 5.97 Å². The average Bonchev–Trinajstić information content (AvgIpc) is 3.09. The number of aromatic nitrogens is 1. The molecule has 6 heteroatoms. The normalized spacial score (nSPS) is 11.8. The van der Waals surface area contributed by atoms with Crippen molar-refractivity contribution in [3.05, 3.63) is 71.9 Å². The minimum atomic E-state index is -0.651. The third kappa shape index (κ3) is 5.07. The fourth-order valence-corrected chi connectivity index (χ4v) is 3.01. The smallest absolute Gasteiger partial charge is 0.310 e. The van der Waals surface area contributed by atoms with E-state index in [2.05, 4.69) is 10.3 Å². The summed E-state index contributed by atoms with van der Waals surface area (Å²) in [6.07, 6.45) is 2.22. The van der Waals surface area contributed by atoms with E-state index in [1.165, 1.54) is 6.92 Å². The van der Waals surface area contributed by atoms with E-state index in [4.69, 9.17) is 4.74 Å². The van der Waals surface area contributed by atoms with Crippen molar-refractivity contribution in [1.29, 1.82) is 0 Å². The van der Waals surface area contributed by atoms with Crippen molar-refractivity contribution in [2.75, 3.05) is 6.61 Å². The topological polar surface area (TPSA) is 88.3 Å². The minimum Gasteiger partial charge on any atom is -0.455 e. The highest BCUT2D eigenvalue weighted by molar-refractivity contribution is 5.90. The van der Waals surface area contributed by atoms with Crippen LogP contribution in [0.4, 0.5) is 0 Å². The van der Waals surface area contributed by atoms with Crippen LogP contribution < -0.4 is 5.32 Å². The zero-order chi connectivity index (χ0) is 19.9.